The first-order valence-electron chi connectivity index (χ1n) is 9.16. The summed E-state index contributed by atoms with van der Waals surface area (Å²) in [4.78, 5) is 4.78. The Kier molecular flexibility index (Phi) is 5.89. The van der Waals surface area contributed by atoms with Crippen LogP contribution in [0.25, 0.3) is 0 Å². The number of nitrogens with zero attached hydrogens (tertiary/aromatic N) is 2. The molecule has 5 nitrogen and oxygen atoms in total. The highest BCUT2D eigenvalue weighted by molar-refractivity contribution is 5.59. The largest absolute Gasteiger partial charge is 0.504 e. The number of hydrogen-bond acceptors (Lipinski definition) is 5. The number of anilines is 1. The molecule has 1 aliphatic rings. The van der Waals surface area contributed by atoms with Gasteiger partial charge < -0.3 is 19.5 Å². The maximum absolute atomic E-state index is 10.6. The maximum Gasteiger partial charge on any atom is 0.203 e. The molecule has 1 aliphatic heterocycles. The average molecular weight is 356 g/mol. The fourth-order valence-corrected chi connectivity index (χ4v) is 3.58. The van der Waals surface area contributed by atoms with E-state index >= 15 is 0 Å². The van der Waals surface area contributed by atoms with Gasteiger partial charge in [0.15, 0.2) is 11.5 Å². The molecule has 1 N–H and O–H groups in total. The van der Waals surface area contributed by atoms with Gasteiger partial charge in [0.05, 0.1) is 14.2 Å². The third-order valence-corrected chi connectivity index (χ3v) is 5.04. The molecular formula is C21H28N2O3. The summed E-state index contributed by atoms with van der Waals surface area (Å²) in [6, 6.07) is 12.6. The number of rotatable bonds is 6. The zero-order chi connectivity index (χ0) is 18.5. The molecule has 1 saturated heterocycles. The number of piperazine rings is 1. The van der Waals surface area contributed by atoms with Crippen molar-refractivity contribution in [1.29, 1.82) is 0 Å². The summed E-state index contributed by atoms with van der Waals surface area (Å²) in [5.41, 5.74) is 3.22. The Morgan fingerprint density at radius 2 is 1.58 bits per heavy atom. The van der Waals surface area contributed by atoms with Crippen LogP contribution in [0.15, 0.2) is 36.4 Å². The molecule has 0 bridgehead atoms. The zero-order valence-corrected chi connectivity index (χ0v) is 15.9. The van der Waals surface area contributed by atoms with Gasteiger partial charge in [-0.2, -0.15) is 0 Å². The van der Waals surface area contributed by atoms with Crippen molar-refractivity contribution in [1.82, 2.24) is 4.90 Å². The first-order valence-corrected chi connectivity index (χ1v) is 9.16. The SMILES string of the molecule is CCc1cc(CN2CCN(c3ccccc3)CC2)c(O)c(OC)c1OC. The normalized spacial score (nSPS) is 15.1. The number of para-hydroxylation sites is 1. The van der Waals surface area contributed by atoms with Crippen LogP contribution >= 0.6 is 0 Å². The lowest BCUT2D eigenvalue weighted by molar-refractivity contribution is 0.244. The summed E-state index contributed by atoms with van der Waals surface area (Å²) >= 11 is 0. The van der Waals surface area contributed by atoms with Gasteiger partial charge in [0.25, 0.3) is 0 Å². The van der Waals surface area contributed by atoms with Crippen molar-refractivity contribution in [2.45, 2.75) is 19.9 Å². The number of phenols is 1. The fourth-order valence-electron chi connectivity index (χ4n) is 3.58. The Morgan fingerprint density at radius 1 is 0.923 bits per heavy atom. The molecule has 3 rings (SSSR count). The summed E-state index contributed by atoms with van der Waals surface area (Å²) in [6.07, 6.45) is 0.828. The van der Waals surface area contributed by atoms with Crippen LogP contribution in [0.2, 0.25) is 0 Å². The second-order valence-electron chi connectivity index (χ2n) is 6.56. The van der Waals surface area contributed by atoms with E-state index in [-0.39, 0.29) is 5.75 Å². The van der Waals surface area contributed by atoms with E-state index in [4.69, 9.17) is 9.47 Å². The fraction of sp³-hybridized carbons (Fsp3) is 0.429. The number of hydrogen-bond donors (Lipinski definition) is 1. The molecule has 1 heterocycles. The number of benzene rings is 2. The number of ether oxygens (including phenoxy) is 2. The van der Waals surface area contributed by atoms with Gasteiger partial charge in [-0.25, -0.2) is 0 Å². The minimum absolute atomic E-state index is 0.187. The van der Waals surface area contributed by atoms with E-state index in [1.54, 1.807) is 14.2 Å². The molecule has 0 aliphatic carbocycles. The molecule has 0 atom stereocenters. The van der Waals surface area contributed by atoms with Gasteiger partial charge in [-0.05, 0) is 30.2 Å². The predicted molar refractivity (Wildman–Crippen MR) is 105 cm³/mol. The maximum atomic E-state index is 10.6. The number of phenolic OH excluding ortho intramolecular Hbond substituents is 1. The molecule has 0 radical (unpaired) electrons. The molecular weight excluding hydrogens is 328 g/mol. The van der Waals surface area contributed by atoms with E-state index in [0.29, 0.717) is 18.0 Å². The van der Waals surface area contributed by atoms with Crippen LogP contribution in [0.4, 0.5) is 5.69 Å². The van der Waals surface area contributed by atoms with E-state index in [9.17, 15) is 5.11 Å². The lowest BCUT2D eigenvalue weighted by atomic mass is 10.0. The van der Waals surface area contributed by atoms with Gasteiger partial charge >= 0.3 is 0 Å². The molecule has 0 aromatic heterocycles. The van der Waals surface area contributed by atoms with E-state index in [0.717, 1.165) is 43.7 Å². The van der Waals surface area contributed by atoms with E-state index in [1.807, 2.05) is 12.1 Å². The summed E-state index contributed by atoms with van der Waals surface area (Å²) in [5.74, 6) is 1.25. The second kappa shape index (κ2) is 8.32. The van der Waals surface area contributed by atoms with Crippen LogP contribution < -0.4 is 14.4 Å². The van der Waals surface area contributed by atoms with Crippen molar-refractivity contribution in [2.24, 2.45) is 0 Å². The van der Waals surface area contributed by atoms with Crippen molar-refractivity contribution in [3.63, 3.8) is 0 Å². The molecule has 2 aromatic rings. The molecule has 0 amide bonds. The summed E-state index contributed by atoms with van der Waals surface area (Å²) in [6.45, 7) is 6.68. The Labute approximate surface area is 155 Å². The summed E-state index contributed by atoms with van der Waals surface area (Å²) < 4.78 is 10.9. The predicted octanol–water partition coefficient (Wildman–Crippen LogP) is 3.29. The van der Waals surface area contributed by atoms with Crippen molar-refractivity contribution >= 4 is 5.69 Å². The van der Waals surface area contributed by atoms with Crippen LogP contribution in [0, 0.1) is 0 Å². The Hall–Kier alpha value is -2.40. The Balaban J connectivity index is 1.72. The van der Waals surface area contributed by atoms with E-state index < -0.39 is 0 Å². The van der Waals surface area contributed by atoms with Crippen LogP contribution in [-0.2, 0) is 13.0 Å². The van der Waals surface area contributed by atoms with Crippen molar-refractivity contribution < 1.29 is 14.6 Å². The van der Waals surface area contributed by atoms with Crippen LogP contribution in [0.5, 0.6) is 17.2 Å². The highest BCUT2D eigenvalue weighted by atomic mass is 16.5. The highest BCUT2D eigenvalue weighted by Crippen LogP contribution is 2.42. The summed E-state index contributed by atoms with van der Waals surface area (Å²) in [7, 11) is 3.18. The molecule has 0 saturated carbocycles. The van der Waals surface area contributed by atoms with Crippen molar-refractivity contribution in [2.75, 3.05) is 45.3 Å². The van der Waals surface area contributed by atoms with Gasteiger partial charge in [-0.15, -0.1) is 0 Å². The molecule has 2 aromatic carbocycles. The van der Waals surface area contributed by atoms with Gasteiger partial charge in [-0.3, -0.25) is 4.90 Å². The highest BCUT2D eigenvalue weighted by Gasteiger charge is 2.22. The zero-order valence-electron chi connectivity index (χ0n) is 15.9. The van der Waals surface area contributed by atoms with Gasteiger partial charge in [-0.1, -0.05) is 25.1 Å². The van der Waals surface area contributed by atoms with E-state index in [1.165, 1.54) is 5.69 Å². The van der Waals surface area contributed by atoms with Gasteiger partial charge in [0.2, 0.25) is 5.75 Å². The Morgan fingerprint density at radius 3 is 2.15 bits per heavy atom. The topological polar surface area (TPSA) is 45.2 Å². The lowest BCUT2D eigenvalue weighted by Crippen LogP contribution is -2.45. The van der Waals surface area contributed by atoms with Gasteiger partial charge in [0, 0.05) is 44.0 Å². The first-order chi connectivity index (χ1) is 12.7. The molecule has 26 heavy (non-hydrogen) atoms. The first kappa shape index (κ1) is 18.4. The quantitative estimate of drug-likeness (QED) is 0.860. The number of aromatic hydroxyl groups is 1. The average Bonchev–Trinajstić information content (AvgIpc) is 2.70. The third kappa shape index (κ3) is 3.73. The third-order valence-electron chi connectivity index (χ3n) is 5.04. The minimum Gasteiger partial charge on any atom is -0.504 e. The standard InChI is InChI=1S/C21H28N2O3/c1-4-16-14-17(19(24)21(26-3)20(16)25-2)15-22-10-12-23(13-11-22)18-8-6-5-7-9-18/h5-9,14,24H,4,10-13,15H2,1-3H3. The Bertz CT molecular complexity index is 726. The molecule has 140 valence electrons. The van der Waals surface area contributed by atoms with Crippen LogP contribution in [-0.4, -0.2) is 50.4 Å². The smallest absolute Gasteiger partial charge is 0.203 e. The molecule has 0 unspecified atom stereocenters. The van der Waals surface area contributed by atoms with Crippen molar-refractivity contribution in [3.05, 3.63) is 47.5 Å². The van der Waals surface area contributed by atoms with Gasteiger partial charge in [0.1, 0.15) is 0 Å². The van der Waals surface area contributed by atoms with E-state index in [2.05, 4.69) is 41.0 Å². The number of methoxy groups -OCH3 is 2. The molecule has 0 spiro atoms. The lowest BCUT2D eigenvalue weighted by Gasteiger charge is -2.36. The monoisotopic (exact) mass is 356 g/mol. The minimum atomic E-state index is 0.187. The van der Waals surface area contributed by atoms with Crippen molar-refractivity contribution in [3.8, 4) is 17.2 Å². The number of aryl methyl sites for hydroxylation is 1. The molecule has 5 heteroatoms. The second-order valence-corrected chi connectivity index (χ2v) is 6.56. The summed E-state index contributed by atoms with van der Waals surface area (Å²) in [5, 5.41) is 10.6. The van der Waals surface area contributed by atoms with Crippen LogP contribution in [0.1, 0.15) is 18.1 Å². The van der Waals surface area contributed by atoms with Crippen LogP contribution in [0.3, 0.4) is 0 Å². The molecule has 1 fully saturated rings.